The summed E-state index contributed by atoms with van der Waals surface area (Å²) >= 11 is 1.88. The lowest BCUT2D eigenvalue weighted by Crippen LogP contribution is -2.10. The highest BCUT2D eigenvalue weighted by molar-refractivity contribution is 7.99. The molecule has 2 aromatic heterocycles. The number of hydrogen-bond acceptors (Lipinski definition) is 4. The first kappa shape index (κ1) is 12.7. The standard InChI is InChI=1S/C16H16N4S/c1-20(2)14-8-7-11-15(18-14)19-16(17-11)13-9-10-5-3-4-6-12(10)21-13/h3-8,13H,9H2,1-2H3,(H,17,18,19). The van der Waals surface area contributed by atoms with Crippen LogP contribution < -0.4 is 4.90 Å². The van der Waals surface area contributed by atoms with Crippen LogP contribution in [-0.2, 0) is 6.42 Å². The van der Waals surface area contributed by atoms with Gasteiger partial charge in [0.05, 0.1) is 10.8 Å². The molecule has 5 heteroatoms. The van der Waals surface area contributed by atoms with Gasteiger partial charge in [-0.15, -0.1) is 11.8 Å². The number of thioether (sulfide) groups is 1. The lowest BCUT2D eigenvalue weighted by Gasteiger charge is -2.09. The second-order valence-corrected chi connectivity index (χ2v) is 6.72. The molecule has 0 saturated carbocycles. The van der Waals surface area contributed by atoms with Crippen molar-refractivity contribution in [1.29, 1.82) is 0 Å². The summed E-state index contributed by atoms with van der Waals surface area (Å²) in [6.45, 7) is 0. The third kappa shape index (κ3) is 2.17. The van der Waals surface area contributed by atoms with Crippen molar-refractivity contribution in [3.05, 3.63) is 47.8 Å². The van der Waals surface area contributed by atoms with Crippen LogP contribution in [0.2, 0.25) is 0 Å². The molecule has 3 aromatic rings. The zero-order valence-corrected chi connectivity index (χ0v) is 12.8. The molecule has 1 aliphatic rings. The highest BCUT2D eigenvalue weighted by atomic mass is 32.2. The molecule has 0 radical (unpaired) electrons. The van der Waals surface area contributed by atoms with E-state index in [4.69, 9.17) is 4.98 Å². The average molecular weight is 296 g/mol. The minimum absolute atomic E-state index is 0.361. The van der Waals surface area contributed by atoms with Crippen LogP contribution in [0.3, 0.4) is 0 Å². The summed E-state index contributed by atoms with van der Waals surface area (Å²) in [4.78, 5) is 16.1. The summed E-state index contributed by atoms with van der Waals surface area (Å²) in [6, 6.07) is 12.7. The van der Waals surface area contributed by atoms with E-state index in [0.717, 1.165) is 29.2 Å². The zero-order chi connectivity index (χ0) is 14.4. The first-order valence-corrected chi connectivity index (χ1v) is 7.87. The lowest BCUT2D eigenvalue weighted by molar-refractivity contribution is 0.879. The molecule has 0 spiro atoms. The van der Waals surface area contributed by atoms with Gasteiger partial charge in [-0.1, -0.05) is 18.2 Å². The van der Waals surface area contributed by atoms with E-state index in [1.54, 1.807) is 0 Å². The Morgan fingerprint density at radius 3 is 2.81 bits per heavy atom. The molecule has 4 nitrogen and oxygen atoms in total. The molecule has 0 aliphatic carbocycles. The van der Waals surface area contributed by atoms with Crippen LogP contribution in [0.4, 0.5) is 5.82 Å². The molecule has 1 atom stereocenters. The number of nitrogens with one attached hydrogen (secondary N) is 1. The number of aromatic amines is 1. The molecule has 1 N–H and O–H groups in total. The van der Waals surface area contributed by atoms with E-state index in [0.29, 0.717) is 5.25 Å². The second-order valence-electron chi connectivity index (χ2n) is 5.48. The first-order chi connectivity index (χ1) is 10.2. The number of aromatic nitrogens is 3. The van der Waals surface area contributed by atoms with Gasteiger partial charge in [0.1, 0.15) is 11.6 Å². The van der Waals surface area contributed by atoms with Crippen LogP contribution in [0.25, 0.3) is 11.2 Å². The van der Waals surface area contributed by atoms with Gasteiger partial charge >= 0.3 is 0 Å². The van der Waals surface area contributed by atoms with E-state index in [1.165, 1.54) is 10.5 Å². The number of anilines is 1. The van der Waals surface area contributed by atoms with Gasteiger partial charge in [0.2, 0.25) is 0 Å². The van der Waals surface area contributed by atoms with Crippen molar-refractivity contribution < 1.29 is 0 Å². The summed E-state index contributed by atoms with van der Waals surface area (Å²) in [6.07, 6.45) is 1.03. The van der Waals surface area contributed by atoms with Crippen molar-refractivity contribution in [1.82, 2.24) is 15.0 Å². The van der Waals surface area contributed by atoms with Crippen LogP contribution in [0.5, 0.6) is 0 Å². The van der Waals surface area contributed by atoms with Gasteiger partial charge in [-0.25, -0.2) is 9.97 Å². The Kier molecular flexibility index (Phi) is 2.89. The monoisotopic (exact) mass is 296 g/mol. The number of imidazole rings is 1. The molecule has 0 saturated heterocycles. The quantitative estimate of drug-likeness (QED) is 0.787. The Labute approximate surface area is 127 Å². The van der Waals surface area contributed by atoms with Crippen LogP contribution in [-0.4, -0.2) is 29.0 Å². The third-order valence-electron chi connectivity index (χ3n) is 3.76. The Morgan fingerprint density at radius 2 is 2.00 bits per heavy atom. The number of pyridine rings is 1. The van der Waals surface area contributed by atoms with Gasteiger partial charge in [0.15, 0.2) is 5.65 Å². The molecule has 0 bridgehead atoms. The van der Waals surface area contributed by atoms with E-state index < -0.39 is 0 Å². The van der Waals surface area contributed by atoms with E-state index >= 15 is 0 Å². The van der Waals surface area contributed by atoms with Crippen LogP contribution in [0.15, 0.2) is 41.3 Å². The van der Waals surface area contributed by atoms with Crippen molar-refractivity contribution in [3.8, 4) is 0 Å². The highest BCUT2D eigenvalue weighted by Gasteiger charge is 2.26. The first-order valence-electron chi connectivity index (χ1n) is 6.99. The fourth-order valence-electron chi connectivity index (χ4n) is 2.64. The van der Waals surface area contributed by atoms with E-state index in [-0.39, 0.29) is 0 Å². The average Bonchev–Trinajstić information content (AvgIpc) is 3.09. The molecule has 1 unspecified atom stereocenters. The van der Waals surface area contributed by atoms with Gasteiger partial charge in [-0.2, -0.15) is 0 Å². The van der Waals surface area contributed by atoms with Gasteiger partial charge in [0, 0.05) is 19.0 Å². The van der Waals surface area contributed by atoms with E-state index in [1.807, 2.05) is 36.8 Å². The minimum Gasteiger partial charge on any atom is -0.363 e. The SMILES string of the molecule is CN(C)c1ccc2[nH]c(C3Cc4ccccc4S3)nc2n1. The lowest BCUT2D eigenvalue weighted by atomic mass is 10.1. The fourth-order valence-corrected chi connectivity index (χ4v) is 3.89. The second kappa shape index (κ2) is 4.77. The van der Waals surface area contributed by atoms with E-state index in [9.17, 15) is 0 Å². The van der Waals surface area contributed by atoms with Crippen molar-refractivity contribution in [2.75, 3.05) is 19.0 Å². The van der Waals surface area contributed by atoms with Crippen molar-refractivity contribution in [3.63, 3.8) is 0 Å². The summed E-state index contributed by atoms with van der Waals surface area (Å²) in [5.74, 6) is 1.96. The number of fused-ring (bicyclic) bond motifs is 2. The van der Waals surface area contributed by atoms with Crippen molar-refractivity contribution >= 4 is 28.7 Å². The number of hydrogen-bond donors (Lipinski definition) is 1. The number of nitrogens with zero attached hydrogens (tertiary/aromatic N) is 3. The van der Waals surface area contributed by atoms with Crippen molar-refractivity contribution in [2.24, 2.45) is 0 Å². The maximum absolute atomic E-state index is 4.71. The molecule has 106 valence electrons. The highest BCUT2D eigenvalue weighted by Crippen LogP contribution is 2.45. The predicted octanol–water partition coefficient (Wildman–Crippen LogP) is 3.41. The predicted molar refractivity (Wildman–Crippen MR) is 87.0 cm³/mol. The summed E-state index contributed by atoms with van der Waals surface area (Å²) in [5.41, 5.74) is 3.22. The summed E-state index contributed by atoms with van der Waals surface area (Å²) in [7, 11) is 3.98. The van der Waals surface area contributed by atoms with Gasteiger partial charge in [0.25, 0.3) is 0 Å². The number of rotatable bonds is 2. The molecule has 4 rings (SSSR count). The van der Waals surface area contributed by atoms with Crippen LogP contribution in [0, 0.1) is 0 Å². The Bertz CT molecular complexity index is 784. The fraction of sp³-hybridized carbons (Fsp3) is 0.250. The van der Waals surface area contributed by atoms with E-state index in [2.05, 4.69) is 40.3 Å². The normalized spacial score (nSPS) is 17.1. The maximum Gasteiger partial charge on any atom is 0.179 e. The van der Waals surface area contributed by atoms with Crippen LogP contribution >= 0.6 is 11.8 Å². The smallest absolute Gasteiger partial charge is 0.179 e. The number of benzene rings is 1. The van der Waals surface area contributed by atoms with Gasteiger partial charge in [-0.3, -0.25) is 0 Å². The maximum atomic E-state index is 4.71. The Balaban J connectivity index is 1.69. The molecular weight excluding hydrogens is 280 g/mol. The molecule has 3 heterocycles. The third-order valence-corrected chi connectivity index (χ3v) is 5.09. The Hall–Kier alpha value is -2.01. The van der Waals surface area contributed by atoms with Gasteiger partial charge in [-0.05, 0) is 30.2 Å². The van der Waals surface area contributed by atoms with Gasteiger partial charge < -0.3 is 9.88 Å². The van der Waals surface area contributed by atoms with Crippen molar-refractivity contribution in [2.45, 2.75) is 16.6 Å². The summed E-state index contributed by atoms with van der Waals surface area (Å²) < 4.78 is 0. The topological polar surface area (TPSA) is 44.8 Å². The number of H-pyrrole nitrogens is 1. The summed E-state index contributed by atoms with van der Waals surface area (Å²) in [5, 5.41) is 0.361. The molecular formula is C16H16N4S. The molecule has 1 aliphatic heterocycles. The Morgan fingerprint density at radius 1 is 1.14 bits per heavy atom. The molecule has 1 aromatic carbocycles. The molecule has 0 amide bonds. The van der Waals surface area contributed by atoms with Crippen LogP contribution in [0.1, 0.15) is 16.6 Å². The molecule has 0 fully saturated rings. The molecule has 21 heavy (non-hydrogen) atoms. The zero-order valence-electron chi connectivity index (χ0n) is 12.0. The largest absolute Gasteiger partial charge is 0.363 e. The minimum atomic E-state index is 0.361.